The summed E-state index contributed by atoms with van der Waals surface area (Å²) in [5, 5.41) is 26.0. The summed E-state index contributed by atoms with van der Waals surface area (Å²) in [6.07, 6.45) is 6.46. The summed E-state index contributed by atoms with van der Waals surface area (Å²) in [7, 11) is 0. The van der Waals surface area contributed by atoms with Gasteiger partial charge in [-0.15, -0.1) is 0 Å². The molecule has 1 aromatic carbocycles. The van der Waals surface area contributed by atoms with Crippen molar-refractivity contribution in [3.63, 3.8) is 0 Å². The number of carbonyl (C=O) groups is 1. The number of nitrogens with zero attached hydrogens (tertiary/aromatic N) is 4. The number of amides is 1. The third-order valence-electron chi connectivity index (χ3n) is 5.04. The maximum Gasteiger partial charge on any atom is 0.351 e. The Morgan fingerprint density at radius 1 is 1.36 bits per heavy atom. The summed E-state index contributed by atoms with van der Waals surface area (Å²) < 4.78 is 2.25. The molecule has 8 nitrogen and oxygen atoms in total. The van der Waals surface area contributed by atoms with Crippen LogP contribution in [0.3, 0.4) is 0 Å². The first-order valence-corrected chi connectivity index (χ1v) is 9.69. The van der Waals surface area contributed by atoms with E-state index in [1.807, 2.05) is 6.07 Å². The first kappa shape index (κ1) is 20.1. The van der Waals surface area contributed by atoms with Crippen LogP contribution in [0.4, 0.5) is 0 Å². The molecule has 0 bridgehead atoms. The quantitative estimate of drug-likeness (QED) is 0.587. The molecule has 9 heteroatoms. The van der Waals surface area contributed by atoms with Crippen molar-refractivity contribution >= 4 is 17.5 Å². The van der Waals surface area contributed by atoms with Gasteiger partial charge in [-0.3, -0.25) is 9.36 Å². The Bertz CT molecular complexity index is 938. The summed E-state index contributed by atoms with van der Waals surface area (Å²) in [4.78, 5) is 25.0. The predicted molar refractivity (Wildman–Crippen MR) is 103 cm³/mol. The first-order valence-electron chi connectivity index (χ1n) is 9.31. The molecular formula is C19H22ClN5O3. The molecule has 1 aliphatic rings. The van der Waals surface area contributed by atoms with Gasteiger partial charge in [0.1, 0.15) is 19.1 Å². The van der Waals surface area contributed by atoms with Crippen molar-refractivity contribution in [2.45, 2.75) is 51.3 Å². The molecule has 148 valence electrons. The molecular weight excluding hydrogens is 382 g/mol. The number of rotatable bonds is 5. The SMILES string of the molecule is N#CCn1cnn(-c2ccc(Cl)c(C(=O)NC(O)C3CCCCCC3)c2)c1=O. The fraction of sp³-hybridized carbons (Fsp3) is 0.474. The van der Waals surface area contributed by atoms with Crippen molar-refractivity contribution in [1.82, 2.24) is 19.7 Å². The van der Waals surface area contributed by atoms with Gasteiger partial charge in [0.15, 0.2) is 0 Å². The van der Waals surface area contributed by atoms with Gasteiger partial charge < -0.3 is 10.4 Å². The molecule has 2 aromatic rings. The standard InChI is InChI=1S/C19H22ClN5O3/c20-16-8-7-14(25-19(28)24(10-9-21)12-22-25)11-15(16)18(27)23-17(26)13-5-3-1-2-4-6-13/h7-8,11-13,17,26H,1-6,10H2,(H,23,27). The molecule has 0 radical (unpaired) electrons. The number of carbonyl (C=O) groups excluding carboxylic acids is 1. The zero-order valence-electron chi connectivity index (χ0n) is 15.3. The van der Waals surface area contributed by atoms with E-state index >= 15 is 0 Å². The van der Waals surface area contributed by atoms with E-state index in [0.29, 0.717) is 5.69 Å². The van der Waals surface area contributed by atoms with Crippen LogP contribution in [0.5, 0.6) is 0 Å². The van der Waals surface area contributed by atoms with Crippen LogP contribution < -0.4 is 11.0 Å². The molecule has 1 aliphatic carbocycles. The van der Waals surface area contributed by atoms with Gasteiger partial charge in [-0.1, -0.05) is 37.3 Å². The molecule has 3 rings (SSSR count). The lowest BCUT2D eigenvalue weighted by Gasteiger charge is -2.22. The van der Waals surface area contributed by atoms with E-state index in [0.717, 1.165) is 47.8 Å². The third kappa shape index (κ3) is 4.43. The van der Waals surface area contributed by atoms with E-state index < -0.39 is 17.8 Å². The molecule has 1 amide bonds. The average molecular weight is 404 g/mol. The average Bonchev–Trinajstić information content (AvgIpc) is 2.88. The van der Waals surface area contributed by atoms with Crippen molar-refractivity contribution in [2.24, 2.45) is 5.92 Å². The second kappa shape index (κ2) is 9.04. The van der Waals surface area contributed by atoms with Crippen LogP contribution in [-0.2, 0) is 6.54 Å². The molecule has 0 saturated heterocycles. The van der Waals surface area contributed by atoms with Gasteiger partial charge in [0.25, 0.3) is 5.91 Å². The topological polar surface area (TPSA) is 113 Å². The number of halogens is 1. The minimum Gasteiger partial charge on any atom is -0.373 e. The minimum atomic E-state index is -0.942. The molecule has 1 atom stereocenters. The smallest absolute Gasteiger partial charge is 0.351 e. The molecule has 1 heterocycles. The lowest BCUT2D eigenvalue weighted by atomic mass is 9.98. The van der Waals surface area contributed by atoms with Crippen LogP contribution in [0.1, 0.15) is 48.9 Å². The maximum absolute atomic E-state index is 12.7. The van der Waals surface area contributed by atoms with Crippen LogP contribution in [-0.4, -0.2) is 31.6 Å². The van der Waals surface area contributed by atoms with Crippen molar-refractivity contribution in [1.29, 1.82) is 5.26 Å². The lowest BCUT2D eigenvalue weighted by Crippen LogP contribution is -2.40. The Labute approximate surface area is 167 Å². The molecule has 1 saturated carbocycles. The van der Waals surface area contributed by atoms with Crippen molar-refractivity contribution in [3.05, 3.63) is 45.6 Å². The summed E-state index contributed by atoms with van der Waals surface area (Å²) in [6.45, 7) is -0.118. The lowest BCUT2D eigenvalue weighted by molar-refractivity contribution is 0.0532. The van der Waals surface area contributed by atoms with Gasteiger partial charge >= 0.3 is 5.69 Å². The van der Waals surface area contributed by atoms with Crippen molar-refractivity contribution in [3.8, 4) is 11.8 Å². The Morgan fingerprint density at radius 2 is 2.07 bits per heavy atom. The second-order valence-corrected chi connectivity index (χ2v) is 7.35. The number of aliphatic hydroxyl groups excluding tert-OH is 1. The van der Waals surface area contributed by atoms with Gasteiger partial charge in [-0.25, -0.2) is 4.79 Å². The molecule has 1 fully saturated rings. The Hall–Kier alpha value is -2.63. The number of nitrogens with one attached hydrogen (secondary N) is 1. The summed E-state index contributed by atoms with van der Waals surface area (Å²) >= 11 is 6.17. The Morgan fingerprint density at radius 3 is 2.75 bits per heavy atom. The second-order valence-electron chi connectivity index (χ2n) is 6.95. The normalized spacial score (nSPS) is 16.2. The molecule has 0 aliphatic heterocycles. The zero-order chi connectivity index (χ0) is 20.1. The number of hydrogen-bond donors (Lipinski definition) is 2. The number of aliphatic hydroxyl groups is 1. The highest BCUT2D eigenvalue weighted by atomic mass is 35.5. The summed E-state index contributed by atoms with van der Waals surface area (Å²) in [6, 6.07) is 6.39. The van der Waals surface area contributed by atoms with Gasteiger partial charge in [-0.2, -0.15) is 15.0 Å². The van der Waals surface area contributed by atoms with Crippen LogP contribution in [0, 0.1) is 17.2 Å². The van der Waals surface area contributed by atoms with E-state index in [-0.39, 0.29) is 23.0 Å². The number of aromatic nitrogens is 3. The minimum absolute atomic E-state index is 0.0257. The largest absolute Gasteiger partial charge is 0.373 e. The van der Waals surface area contributed by atoms with Crippen molar-refractivity contribution in [2.75, 3.05) is 0 Å². The highest BCUT2D eigenvalue weighted by Crippen LogP contribution is 2.25. The van der Waals surface area contributed by atoms with E-state index in [2.05, 4.69) is 10.4 Å². The van der Waals surface area contributed by atoms with E-state index in [9.17, 15) is 14.7 Å². The highest BCUT2D eigenvalue weighted by molar-refractivity contribution is 6.33. The van der Waals surface area contributed by atoms with Gasteiger partial charge in [0, 0.05) is 5.92 Å². The van der Waals surface area contributed by atoms with Gasteiger partial charge in [-0.05, 0) is 31.0 Å². The molecule has 1 unspecified atom stereocenters. The van der Waals surface area contributed by atoms with E-state index in [4.69, 9.17) is 16.9 Å². The van der Waals surface area contributed by atoms with Crippen molar-refractivity contribution < 1.29 is 9.90 Å². The summed E-state index contributed by atoms with van der Waals surface area (Å²) in [5.41, 5.74) is 0.00230. The fourth-order valence-corrected chi connectivity index (χ4v) is 3.68. The zero-order valence-corrected chi connectivity index (χ0v) is 16.1. The number of benzene rings is 1. The monoisotopic (exact) mass is 403 g/mol. The van der Waals surface area contributed by atoms with Crippen LogP contribution in [0.2, 0.25) is 5.02 Å². The Balaban J connectivity index is 1.80. The van der Waals surface area contributed by atoms with Crippen LogP contribution in [0.15, 0.2) is 29.3 Å². The maximum atomic E-state index is 12.7. The van der Waals surface area contributed by atoms with E-state index in [1.165, 1.54) is 18.5 Å². The summed E-state index contributed by atoms with van der Waals surface area (Å²) in [5.74, 6) is -0.481. The molecule has 28 heavy (non-hydrogen) atoms. The van der Waals surface area contributed by atoms with Crippen LogP contribution in [0.25, 0.3) is 5.69 Å². The third-order valence-corrected chi connectivity index (χ3v) is 5.37. The number of nitriles is 1. The van der Waals surface area contributed by atoms with E-state index in [1.54, 1.807) is 6.07 Å². The van der Waals surface area contributed by atoms with Crippen LogP contribution >= 0.6 is 11.6 Å². The fourth-order valence-electron chi connectivity index (χ4n) is 3.47. The van der Waals surface area contributed by atoms with Gasteiger partial charge in [0.05, 0.1) is 22.3 Å². The first-order chi connectivity index (χ1) is 13.5. The number of hydrogen-bond acceptors (Lipinski definition) is 5. The molecule has 2 N–H and O–H groups in total. The van der Waals surface area contributed by atoms with Gasteiger partial charge in [0.2, 0.25) is 0 Å². The highest BCUT2D eigenvalue weighted by Gasteiger charge is 2.24. The Kier molecular flexibility index (Phi) is 6.49. The molecule has 1 aromatic heterocycles. The molecule has 0 spiro atoms. The predicted octanol–water partition coefficient (Wildman–Crippen LogP) is 2.23.